The molecule has 2 aromatic heterocycles. The van der Waals surface area contributed by atoms with Crippen molar-refractivity contribution in [3.05, 3.63) is 33.0 Å². The molecule has 1 saturated heterocycles. The van der Waals surface area contributed by atoms with Crippen LogP contribution in [0.4, 0.5) is 0 Å². The predicted molar refractivity (Wildman–Crippen MR) is 78.9 cm³/mol. The molecule has 0 bridgehead atoms. The lowest BCUT2D eigenvalue weighted by Gasteiger charge is -2.18. The van der Waals surface area contributed by atoms with Gasteiger partial charge in [-0.2, -0.15) is 0 Å². The molecule has 1 fully saturated rings. The minimum absolute atomic E-state index is 0.0850. The number of nitrogens with zero attached hydrogens (tertiary/aromatic N) is 2. The second-order valence-electron chi connectivity index (χ2n) is 5.22. The summed E-state index contributed by atoms with van der Waals surface area (Å²) < 4.78 is 6.82. The zero-order chi connectivity index (χ0) is 16.0. The molecule has 9 heteroatoms. The van der Waals surface area contributed by atoms with Gasteiger partial charge >= 0.3 is 0 Å². The number of fused-ring (bicyclic) bond motifs is 1. The topological polar surface area (TPSA) is 121 Å². The van der Waals surface area contributed by atoms with Crippen LogP contribution in [0.25, 0.3) is 11.0 Å². The number of pyridine rings is 1. The maximum Gasteiger partial charge on any atom is 0.203 e. The zero-order valence-corrected chi connectivity index (χ0v) is 12.4. The molecule has 4 atom stereocenters. The summed E-state index contributed by atoms with van der Waals surface area (Å²) >= 11 is 5.15. The summed E-state index contributed by atoms with van der Waals surface area (Å²) in [6.07, 6.45) is -1.49. The van der Waals surface area contributed by atoms with Crippen LogP contribution < -0.4 is 5.43 Å². The van der Waals surface area contributed by atoms with E-state index in [1.807, 2.05) is 0 Å². The largest absolute Gasteiger partial charge is 0.394 e. The average Bonchev–Trinajstić information content (AvgIpc) is 2.79. The normalized spacial score (nSPS) is 28.4. The number of aryl methyl sites for hydroxylation is 1. The Morgan fingerprint density at radius 3 is 2.82 bits per heavy atom. The number of ether oxygens (including phenoxy) is 1. The third-order valence-corrected chi connectivity index (χ3v) is 4.07. The Kier molecular flexibility index (Phi) is 3.83. The Balaban J connectivity index is 2.16. The number of rotatable bonds is 2. The van der Waals surface area contributed by atoms with E-state index in [4.69, 9.17) is 22.1 Å². The van der Waals surface area contributed by atoms with Gasteiger partial charge in [-0.3, -0.25) is 9.36 Å². The van der Waals surface area contributed by atoms with Crippen molar-refractivity contribution in [3.8, 4) is 0 Å². The Labute approximate surface area is 129 Å². The molecular weight excluding hydrogens is 310 g/mol. The number of aromatic nitrogens is 3. The summed E-state index contributed by atoms with van der Waals surface area (Å²) in [5.41, 5.74) is 0.638. The lowest BCUT2D eigenvalue weighted by Crippen LogP contribution is -2.33. The molecule has 3 rings (SSSR count). The number of nitrogens with one attached hydrogen (secondary N) is 1. The fourth-order valence-electron chi connectivity index (χ4n) is 2.49. The highest BCUT2D eigenvalue weighted by atomic mass is 32.1. The third-order valence-electron chi connectivity index (χ3n) is 3.77. The van der Waals surface area contributed by atoms with Crippen LogP contribution >= 0.6 is 12.2 Å². The predicted octanol–water partition coefficient (Wildman–Crippen LogP) is -0.626. The molecular formula is C13H15N3O5S. The van der Waals surface area contributed by atoms with Crippen LogP contribution in [0.15, 0.2) is 17.2 Å². The lowest BCUT2D eigenvalue weighted by atomic mass is 10.1. The minimum atomic E-state index is -1.29. The minimum Gasteiger partial charge on any atom is -0.394 e. The molecule has 0 aromatic carbocycles. The van der Waals surface area contributed by atoms with Gasteiger partial charge < -0.3 is 25.0 Å². The quantitative estimate of drug-likeness (QED) is 0.543. The Morgan fingerprint density at radius 1 is 1.45 bits per heavy atom. The summed E-state index contributed by atoms with van der Waals surface area (Å²) in [5, 5.41) is 29.3. The van der Waals surface area contributed by atoms with Crippen LogP contribution in [0.2, 0.25) is 0 Å². The van der Waals surface area contributed by atoms with Gasteiger partial charge in [0, 0.05) is 18.0 Å². The lowest BCUT2D eigenvalue weighted by molar-refractivity contribution is -0.0538. The van der Waals surface area contributed by atoms with Gasteiger partial charge in [0.15, 0.2) is 11.7 Å². The van der Waals surface area contributed by atoms with E-state index in [0.717, 1.165) is 0 Å². The van der Waals surface area contributed by atoms with Crippen LogP contribution in [0.3, 0.4) is 0 Å². The first kappa shape index (κ1) is 15.3. The SMILES string of the molecule is Cc1c[nH]c2nc(=S)n([C@@H]3O[C@H](CO)C(O)[C@@H]3O)cc2c1=O. The van der Waals surface area contributed by atoms with Gasteiger partial charge in [0.25, 0.3) is 0 Å². The number of H-pyrrole nitrogens is 1. The van der Waals surface area contributed by atoms with Crippen LogP contribution in [-0.4, -0.2) is 54.8 Å². The average molecular weight is 325 g/mol. The molecule has 3 heterocycles. The highest BCUT2D eigenvalue weighted by Crippen LogP contribution is 2.29. The van der Waals surface area contributed by atoms with E-state index in [1.54, 1.807) is 13.1 Å². The maximum absolute atomic E-state index is 12.2. The molecule has 1 aliphatic heterocycles. The summed E-state index contributed by atoms with van der Waals surface area (Å²) in [5.74, 6) is 0. The van der Waals surface area contributed by atoms with Crippen LogP contribution in [0.5, 0.6) is 0 Å². The van der Waals surface area contributed by atoms with E-state index < -0.39 is 31.1 Å². The summed E-state index contributed by atoms with van der Waals surface area (Å²) in [6, 6.07) is 0. The molecule has 8 nitrogen and oxygen atoms in total. The first-order valence-corrected chi connectivity index (χ1v) is 7.08. The molecule has 0 amide bonds. The Hall–Kier alpha value is -1.65. The third kappa shape index (κ3) is 2.27. The van der Waals surface area contributed by atoms with E-state index in [2.05, 4.69) is 9.97 Å². The molecule has 118 valence electrons. The maximum atomic E-state index is 12.2. The number of hydrogen-bond acceptors (Lipinski definition) is 7. The van der Waals surface area contributed by atoms with Gasteiger partial charge in [0.05, 0.1) is 12.0 Å². The molecule has 22 heavy (non-hydrogen) atoms. The number of aliphatic hydroxyl groups excluding tert-OH is 3. The first-order valence-electron chi connectivity index (χ1n) is 6.67. The van der Waals surface area contributed by atoms with E-state index in [9.17, 15) is 15.0 Å². The van der Waals surface area contributed by atoms with Crippen molar-refractivity contribution < 1.29 is 20.1 Å². The van der Waals surface area contributed by atoms with Gasteiger partial charge in [0.1, 0.15) is 24.0 Å². The molecule has 4 N–H and O–H groups in total. The van der Waals surface area contributed by atoms with Gasteiger partial charge in [-0.05, 0) is 19.1 Å². The van der Waals surface area contributed by atoms with Gasteiger partial charge in [-0.15, -0.1) is 0 Å². The van der Waals surface area contributed by atoms with E-state index >= 15 is 0 Å². The molecule has 0 aliphatic carbocycles. The molecule has 2 aromatic rings. The summed E-state index contributed by atoms with van der Waals surface area (Å²) in [4.78, 5) is 19.2. The standard InChI is InChI=1S/C13H15N3O5S/c1-5-2-14-11-6(8(5)18)3-16(13(22)15-11)12-10(20)9(19)7(4-17)21-12/h2-3,7,9-10,12,17,19-20H,4H2,1H3,(H,14,15,22)/t7-,9?,10+,12-/m1/s1. The molecule has 0 radical (unpaired) electrons. The van der Waals surface area contributed by atoms with E-state index in [-0.39, 0.29) is 10.2 Å². The molecule has 0 spiro atoms. The van der Waals surface area contributed by atoms with E-state index in [1.165, 1.54) is 10.8 Å². The number of aliphatic hydroxyl groups is 3. The van der Waals surface area contributed by atoms with Crippen molar-refractivity contribution in [2.45, 2.75) is 31.5 Å². The van der Waals surface area contributed by atoms with Crippen LogP contribution in [0, 0.1) is 11.7 Å². The number of aromatic amines is 1. The zero-order valence-electron chi connectivity index (χ0n) is 11.6. The summed E-state index contributed by atoms with van der Waals surface area (Å²) in [7, 11) is 0. The van der Waals surface area contributed by atoms with Crippen LogP contribution in [-0.2, 0) is 4.74 Å². The monoisotopic (exact) mass is 325 g/mol. The second-order valence-corrected chi connectivity index (χ2v) is 5.59. The fourth-order valence-corrected chi connectivity index (χ4v) is 2.74. The molecule has 1 aliphatic rings. The Bertz CT molecular complexity index is 833. The smallest absolute Gasteiger partial charge is 0.203 e. The summed E-state index contributed by atoms with van der Waals surface area (Å²) in [6.45, 7) is 1.22. The Morgan fingerprint density at radius 2 is 2.18 bits per heavy atom. The van der Waals surface area contributed by atoms with Crippen LogP contribution in [0.1, 0.15) is 11.8 Å². The molecule has 0 saturated carbocycles. The molecule has 1 unspecified atom stereocenters. The van der Waals surface area contributed by atoms with Crippen molar-refractivity contribution in [1.29, 1.82) is 0 Å². The van der Waals surface area contributed by atoms with Crippen molar-refractivity contribution in [2.75, 3.05) is 6.61 Å². The van der Waals surface area contributed by atoms with Crippen molar-refractivity contribution >= 4 is 23.3 Å². The highest BCUT2D eigenvalue weighted by Gasteiger charge is 2.43. The second kappa shape index (κ2) is 5.52. The van der Waals surface area contributed by atoms with Crippen molar-refractivity contribution in [1.82, 2.24) is 14.5 Å². The van der Waals surface area contributed by atoms with Crippen molar-refractivity contribution in [3.63, 3.8) is 0 Å². The van der Waals surface area contributed by atoms with Gasteiger partial charge in [-0.1, -0.05) is 0 Å². The number of hydrogen-bond donors (Lipinski definition) is 4. The van der Waals surface area contributed by atoms with Gasteiger partial charge in [0.2, 0.25) is 4.77 Å². The fraction of sp³-hybridized carbons (Fsp3) is 0.462. The first-order chi connectivity index (χ1) is 10.4. The van der Waals surface area contributed by atoms with Gasteiger partial charge in [-0.25, -0.2) is 4.98 Å². The van der Waals surface area contributed by atoms with E-state index in [0.29, 0.717) is 16.6 Å². The van der Waals surface area contributed by atoms with Crippen molar-refractivity contribution in [2.24, 2.45) is 0 Å². The highest BCUT2D eigenvalue weighted by molar-refractivity contribution is 7.71.